The van der Waals surface area contributed by atoms with Crippen LogP contribution in [0, 0.1) is 0 Å². The summed E-state index contributed by atoms with van der Waals surface area (Å²) in [5.74, 6) is 0.600. The highest BCUT2D eigenvalue weighted by Crippen LogP contribution is 2.39. The van der Waals surface area contributed by atoms with E-state index in [1.807, 2.05) is 60.7 Å². The van der Waals surface area contributed by atoms with Gasteiger partial charge in [-0.25, -0.2) is 4.99 Å². The van der Waals surface area contributed by atoms with Crippen LogP contribution in [-0.4, -0.2) is 50.3 Å². The van der Waals surface area contributed by atoms with E-state index in [2.05, 4.69) is 0 Å². The predicted molar refractivity (Wildman–Crippen MR) is 97.3 cm³/mol. The summed E-state index contributed by atoms with van der Waals surface area (Å²) in [6.45, 7) is 0.414. The maximum Gasteiger partial charge on any atom is 0.217 e. The number of ether oxygens (including phenoxy) is 5. The zero-order valence-corrected chi connectivity index (χ0v) is 14.9. The topological polar surface area (TPSA) is 58.5 Å². The fourth-order valence-electron chi connectivity index (χ4n) is 3.82. The number of nitrogens with zero attached hydrogens (tertiary/aromatic N) is 1. The summed E-state index contributed by atoms with van der Waals surface area (Å²) in [5, 5.41) is 0. The molecule has 0 bridgehead atoms. The van der Waals surface area contributed by atoms with Gasteiger partial charge in [0.25, 0.3) is 0 Å². The van der Waals surface area contributed by atoms with Crippen LogP contribution in [-0.2, 0) is 23.7 Å². The van der Waals surface area contributed by atoms with Crippen molar-refractivity contribution in [3.05, 3.63) is 71.8 Å². The summed E-state index contributed by atoms with van der Waals surface area (Å²) in [7, 11) is 1.62. The van der Waals surface area contributed by atoms with Gasteiger partial charge in [0.15, 0.2) is 18.7 Å². The first kappa shape index (κ1) is 16.9. The molecule has 0 aromatic heterocycles. The molecule has 0 spiro atoms. The molecule has 2 saturated heterocycles. The number of fused-ring (bicyclic) bond motifs is 3. The van der Waals surface area contributed by atoms with Crippen molar-refractivity contribution in [1.29, 1.82) is 0 Å². The minimum atomic E-state index is -0.488. The summed E-state index contributed by atoms with van der Waals surface area (Å²) in [4.78, 5) is 4.74. The monoisotopic (exact) mass is 367 g/mol. The van der Waals surface area contributed by atoms with E-state index in [9.17, 15) is 0 Å². The standard InChI is InChI=1S/C21H21NO5/c1-23-21-16-18(26-19(22-16)13-8-4-2-5-9-13)17-15(25-21)12-24-20(27-17)14-10-6-3-7-11-14/h2-11,15-18,20-21H,12H2,1H3/t15-,16-,17-,18+,20?,21-/m0/s1. The van der Waals surface area contributed by atoms with E-state index in [1.165, 1.54) is 0 Å². The van der Waals surface area contributed by atoms with Crippen LogP contribution in [0.3, 0.4) is 0 Å². The molecule has 1 unspecified atom stereocenters. The van der Waals surface area contributed by atoms with E-state index >= 15 is 0 Å². The normalized spacial score (nSPS) is 34.9. The minimum Gasteiger partial charge on any atom is -0.469 e. The highest BCUT2D eigenvalue weighted by Gasteiger charge is 2.54. The van der Waals surface area contributed by atoms with Gasteiger partial charge >= 0.3 is 0 Å². The Kier molecular flexibility index (Phi) is 4.41. The quantitative estimate of drug-likeness (QED) is 0.835. The van der Waals surface area contributed by atoms with Crippen LogP contribution in [0.2, 0.25) is 0 Å². The largest absolute Gasteiger partial charge is 0.469 e. The fraction of sp³-hybridized carbons (Fsp3) is 0.381. The molecule has 2 aromatic carbocycles. The average Bonchev–Trinajstić information content (AvgIpc) is 3.20. The minimum absolute atomic E-state index is 0.263. The number of hydrogen-bond donors (Lipinski definition) is 0. The van der Waals surface area contributed by atoms with Crippen LogP contribution in [0.1, 0.15) is 17.4 Å². The Balaban J connectivity index is 1.41. The zero-order valence-electron chi connectivity index (χ0n) is 14.9. The van der Waals surface area contributed by atoms with Crippen molar-refractivity contribution in [3.63, 3.8) is 0 Å². The molecule has 6 atom stereocenters. The molecule has 6 heteroatoms. The molecule has 6 nitrogen and oxygen atoms in total. The van der Waals surface area contributed by atoms with Gasteiger partial charge in [0, 0.05) is 18.2 Å². The number of benzene rings is 2. The molecule has 0 N–H and O–H groups in total. The zero-order chi connectivity index (χ0) is 18.2. The molecular weight excluding hydrogens is 346 g/mol. The summed E-state index contributed by atoms with van der Waals surface area (Å²) < 4.78 is 30.0. The predicted octanol–water partition coefficient (Wildman–Crippen LogP) is 2.69. The lowest BCUT2D eigenvalue weighted by molar-refractivity contribution is -0.333. The number of aliphatic imine (C=N–C) groups is 1. The average molecular weight is 367 g/mol. The van der Waals surface area contributed by atoms with Crippen LogP contribution >= 0.6 is 0 Å². The van der Waals surface area contributed by atoms with Crippen LogP contribution in [0.5, 0.6) is 0 Å². The summed E-state index contributed by atoms with van der Waals surface area (Å²) in [6.07, 6.45) is -1.76. The van der Waals surface area contributed by atoms with Crippen molar-refractivity contribution >= 4 is 5.90 Å². The SMILES string of the molecule is CO[C@H]1O[C@H]2COC(c3ccccc3)O[C@@H]2[C@@H]2OC(c3ccccc3)=N[C@H]12. The van der Waals surface area contributed by atoms with Crippen LogP contribution in [0.25, 0.3) is 0 Å². The van der Waals surface area contributed by atoms with E-state index in [0.29, 0.717) is 12.5 Å². The Labute approximate surface area is 157 Å². The second kappa shape index (κ2) is 7.05. The summed E-state index contributed by atoms with van der Waals surface area (Å²) >= 11 is 0. The Morgan fingerprint density at radius 1 is 0.926 bits per heavy atom. The molecule has 3 aliphatic heterocycles. The lowest BCUT2D eigenvalue weighted by Crippen LogP contribution is -2.60. The van der Waals surface area contributed by atoms with Crippen molar-refractivity contribution in [2.24, 2.45) is 4.99 Å². The lowest BCUT2D eigenvalue weighted by Gasteiger charge is -2.45. The second-order valence-corrected chi connectivity index (χ2v) is 6.83. The third-order valence-corrected chi connectivity index (χ3v) is 5.15. The number of hydrogen-bond acceptors (Lipinski definition) is 6. The third kappa shape index (κ3) is 3.04. The third-order valence-electron chi connectivity index (χ3n) is 5.15. The van der Waals surface area contributed by atoms with Gasteiger partial charge in [0.05, 0.1) is 6.61 Å². The van der Waals surface area contributed by atoms with E-state index in [4.69, 9.17) is 28.7 Å². The van der Waals surface area contributed by atoms with E-state index < -0.39 is 12.6 Å². The fourth-order valence-corrected chi connectivity index (χ4v) is 3.82. The molecule has 27 heavy (non-hydrogen) atoms. The van der Waals surface area contributed by atoms with Gasteiger partial charge in [-0.3, -0.25) is 0 Å². The summed E-state index contributed by atoms with van der Waals surface area (Å²) in [6, 6.07) is 19.5. The molecule has 140 valence electrons. The molecule has 0 radical (unpaired) electrons. The van der Waals surface area contributed by atoms with Crippen molar-refractivity contribution < 1.29 is 23.7 Å². The second-order valence-electron chi connectivity index (χ2n) is 6.83. The van der Waals surface area contributed by atoms with Gasteiger partial charge in [-0.05, 0) is 12.1 Å². The summed E-state index contributed by atoms with van der Waals surface area (Å²) in [5.41, 5.74) is 1.91. The van der Waals surface area contributed by atoms with E-state index in [0.717, 1.165) is 11.1 Å². The van der Waals surface area contributed by atoms with E-state index in [-0.39, 0.29) is 24.4 Å². The number of methoxy groups -OCH3 is 1. The van der Waals surface area contributed by atoms with Crippen molar-refractivity contribution in [3.8, 4) is 0 Å². The Bertz CT molecular complexity index is 812. The Hall–Kier alpha value is -2.25. The van der Waals surface area contributed by atoms with Crippen LogP contribution in [0.15, 0.2) is 65.7 Å². The van der Waals surface area contributed by atoms with Gasteiger partial charge in [0.1, 0.15) is 18.2 Å². The maximum atomic E-state index is 6.27. The molecule has 5 rings (SSSR count). The highest BCUT2D eigenvalue weighted by atomic mass is 16.7. The molecule has 3 aliphatic rings. The molecule has 0 saturated carbocycles. The van der Waals surface area contributed by atoms with Gasteiger partial charge in [-0.2, -0.15) is 0 Å². The maximum absolute atomic E-state index is 6.27. The first-order valence-electron chi connectivity index (χ1n) is 9.13. The molecule has 0 aliphatic carbocycles. The molecule has 0 amide bonds. The Morgan fingerprint density at radius 3 is 2.41 bits per heavy atom. The van der Waals surface area contributed by atoms with Gasteiger partial charge in [0.2, 0.25) is 5.90 Å². The first-order chi connectivity index (χ1) is 13.3. The van der Waals surface area contributed by atoms with Crippen LogP contribution < -0.4 is 0 Å². The Morgan fingerprint density at radius 2 is 1.67 bits per heavy atom. The first-order valence-corrected chi connectivity index (χ1v) is 9.13. The molecule has 3 heterocycles. The van der Waals surface area contributed by atoms with Crippen molar-refractivity contribution in [2.75, 3.05) is 13.7 Å². The van der Waals surface area contributed by atoms with Gasteiger partial charge in [-0.15, -0.1) is 0 Å². The van der Waals surface area contributed by atoms with Gasteiger partial charge in [-0.1, -0.05) is 48.5 Å². The molecule has 2 aromatic rings. The van der Waals surface area contributed by atoms with Crippen molar-refractivity contribution in [1.82, 2.24) is 0 Å². The molecular formula is C21H21NO5. The smallest absolute Gasteiger partial charge is 0.217 e. The lowest BCUT2D eigenvalue weighted by atomic mass is 9.96. The van der Waals surface area contributed by atoms with E-state index in [1.54, 1.807) is 7.11 Å². The van der Waals surface area contributed by atoms with Gasteiger partial charge < -0.3 is 23.7 Å². The number of rotatable bonds is 3. The molecule has 2 fully saturated rings. The van der Waals surface area contributed by atoms with Crippen molar-refractivity contribution in [2.45, 2.75) is 36.9 Å². The highest BCUT2D eigenvalue weighted by molar-refractivity contribution is 5.95. The van der Waals surface area contributed by atoms with Crippen LogP contribution in [0.4, 0.5) is 0 Å².